The summed E-state index contributed by atoms with van der Waals surface area (Å²) >= 11 is 3.38. The average Bonchev–Trinajstić information content (AvgIpc) is 2.30. The summed E-state index contributed by atoms with van der Waals surface area (Å²) in [5, 5.41) is 9.22. The van der Waals surface area contributed by atoms with Crippen LogP contribution >= 0.6 is 15.9 Å². The van der Waals surface area contributed by atoms with Crippen LogP contribution in [0.3, 0.4) is 0 Å². The second-order valence-corrected chi connectivity index (χ2v) is 6.43. The second kappa shape index (κ2) is 5.95. The Morgan fingerprint density at radius 3 is 2.47 bits per heavy atom. The van der Waals surface area contributed by atoms with Crippen molar-refractivity contribution in [1.29, 1.82) is 0 Å². The molecule has 0 bridgehead atoms. The molecule has 2 atom stereocenters. The molecule has 4 heteroatoms. The minimum atomic E-state index is -0.951. The first kappa shape index (κ1) is 14.4. The van der Waals surface area contributed by atoms with Gasteiger partial charge in [0.1, 0.15) is 11.3 Å². The van der Waals surface area contributed by atoms with Crippen LogP contribution in [0.1, 0.15) is 43.5 Å². The van der Waals surface area contributed by atoms with E-state index in [2.05, 4.69) is 29.8 Å². The van der Waals surface area contributed by atoms with Crippen LogP contribution < -0.4 is 4.74 Å². The standard InChI is InChI=1S/C15H19BrO3/c1-9-6-10(2)8-11(7-9)19-14-12(15(17)18)4-3-5-13(14)16/h3-5,9-11H,6-8H2,1-2H3,(H,17,18). The summed E-state index contributed by atoms with van der Waals surface area (Å²) < 4.78 is 6.70. The highest BCUT2D eigenvalue weighted by atomic mass is 79.9. The van der Waals surface area contributed by atoms with E-state index in [1.807, 2.05) is 6.07 Å². The topological polar surface area (TPSA) is 46.5 Å². The molecule has 2 rings (SSSR count). The van der Waals surface area contributed by atoms with Crippen LogP contribution in [-0.2, 0) is 0 Å². The van der Waals surface area contributed by atoms with Gasteiger partial charge in [0, 0.05) is 0 Å². The number of hydrogen-bond acceptors (Lipinski definition) is 2. The number of benzene rings is 1. The van der Waals surface area contributed by atoms with Crippen LogP contribution in [0.25, 0.3) is 0 Å². The molecule has 104 valence electrons. The van der Waals surface area contributed by atoms with Gasteiger partial charge in [0.25, 0.3) is 0 Å². The molecule has 1 N–H and O–H groups in total. The normalized spacial score (nSPS) is 27.0. The summed E-state index contributed by atoms with van der Waals surface area (Å²) in [6.45, 7) is 4.45. The number of carboxylic acid groups (broad SMARTS) is 1. The minimum absolute atomic E-state index is 0.107. The summed E-state index contributed by atoms with van der Waals surface area (Å²) in [6.07, 6.45) is 3.31. The van der Waals surface area contributed by atoms with Crippen molar-refractivity contribution in [2.45, 2.75) is 39.2 Å². The first-order valence-electron chi connectivity index (χ1n) is 6.65. The molecule has 2 unspecified atom stereocenters. The van der Waals surface area contributed by atoms with Gasteiger partial charge in [-0.15, -0.1) is 0 Å². The van der Waals surface area contributed by atoms with Crippen LogP contribution in [-0.4, -0.2) is 17.2 Å². The second-order valence-electron chi connectivity index (χ2n) is 5.58. The lowest BCUT2D eigenvalue weighted by atomic mass is 9.82. The molecular formula is C15H19BrO3. The zero-order chi connectivity index (χ0) is 14.0. The van der Waals surface area contributed by atoms with E-state index < -0.39 is 5.97 Å². The number of hydrogen-bond donors (Lipinski definition) is 1. The third-order valence-corrected chi connectivity index (χ3v) is 4.24. The van der Waals surface area contributed by atoms with Gasteiger partial charge in [-0.3, -0.25) is 0 Å². The van der Waals surface area contributed by atoms with Crippen LogP contribution in [0.15, 0.2) is 22.7 Å². The fraction of sp³-hybridized carbons (Fsp3) is 0.533. The Morgan fingerprint density at radius 1 is 1.26 bits per heavy atom. The third-order valence-electron chi connectivity index (χ3n) is 3.62. The fourth-order valence-electron chi connectivity index (χ4n) is 2.93. The molecule has 0 aliphatic heterocycles. The Labute approximate surface area is 122 Å². The largest absolute Gasteiger partial charge is 0.488 e. The van der Waals surface area contributed by atoms with Crippen molar-refractivity contribution in [3.05, 3.63) is 28.2 Å². The molecule has 3 nitrogen and oxygen atoms in total. The van der Waals surface area contributed by atoms with Crippen molar-refractivity contribution in [2.24, 2.45) is 11.8 Å². The number of rotatable bonds is 3. The van der Waals surface area contributed by atoms with Crippen molar-refractivity contribution in [2.75, 3.05) is 0 Å². The molecule has 0 spiro atoms. The Bertz CT molecular complexity index is 462. The molecule has 1 aromatic carbocycles. The number of ether oxygens (including phenoxy) is 1. The zero-order valence-electron chi connectivity index (χ0n) is 11.2. The summed E-state index contributed by atoms with van der Waals surface area (Å²) in [6, 6.07) is 5.11. The van der Waals surface area contributed by atoms with Crippen LogP contribution in [0.2, 0.25) is 0 Å². The minimum Gasteiger partial charge on any atom is -0.488 e. The Morgan fingerprint density at radius 2 is 1.89 bits per heavy atom. The molecule has 0 radical (unpaired) electrons. The molecule has 0 heterocycles. The predicted octanol–water partition coefficient (Wildman–Crippen LogP) is 4.35. The molecule has 0 amide bonds. The fourth-order valence-corrected chi connectivity index (χ4v) is 3.39. The van der Waals surface area contributed by atoms with Gasteiger partial charge in [-0.05, 0) is 59.2 Å². The van der Waals surface area contributed by atoms with Gasteiger partial charge in [0.15, 0.2) is 0 Å². The Balaban J connectivity index is 2.21. The SMILES string of the molecule is CC1CC(C)CC(Oc2c(Br)cccc2C(=O)O)C1. The maximum absolute atomic E-state index is 11.2. The van der Waals surface area contributed by atoms with E-state index in [-0.39, 0.29) is 11.7 Å². The first-order valence-corrected chi connectivity index (χ1v) is 7.45. The highest BCUT2D eigenvalue weighted by Gasteiger charge is 2.27. The maximum Gasteiger partial charge on any atom is 0.339 e. The van der Waals surface area contributed by atoms with E-state index in [1.54, 1.807) is 12.1 Å². The summed E-state index contributed by atoms with van der Waals surface area (Å²) in [5.41, 5.74) is 0.222. The van der Waals surface area contributed by atoms with Crippen molar-refractivity contribution in [1.82, 2.24) is 0 Å². The van der Waals surface area contributed by atoms with Crippen molar-refractivity contribution < 1.29 is 14.6 Å². The molecule has 1 aromatic rings. The van der Waals surface area contributed by atoms with Crippen LogP contribution in [0, 0.1) is 11.8 Å². The average molecular weight is 327 g/mol. The van der Waals surface area contributed by atoms with Gasteiger partial charge in [0.2, 0.25) is 0 Å². The molecule has 1 aliphatic carbocycles. The number of para-hydroxylation sites is 1. The van der Waals surface area contributed by atoms with Crippen LogP contribution in [0.5, 0.6) is 5.75 Å². The molecule has 0 saturated heterocycles. The highest BCUT2D eigenvalue weighted by molar-refractivity contribution is 9.10. The Hall–Kier alpha value is -1.03. The van der Waals surface area contributed by atoms with E-state index in [1.165, 1.54) is 6.42 Å². The van der Waals surface area contributed by atoms with Crippen molar-refractivity contribution >= 4 is 21.9 Å². The van der Waals surface area contributed by atoms with E-state index >= 15 is 0 Å². The van der Waals surface area contributed by atoms with Crippen LogP contribution in [0.4, 0.5) is 0 Å². The summed E-state index contributed by atoms with van der Waals surface area (Å²) in [7, 11) is 0. The van der Waals surface area contributed by atoms with E-state index in [9.17, 15) is 9.90 Å². The lowest BCUT2D eigenvalue weighted by molar-refractivity contribution is 0.0675. The van der Waals surface area contributed by atoms with E-state index in [0.29, 0.717) is 22.1 Å². The van der Waals surface area contributed by atoms with E-state index in [0.717, 1.165) is 12.8 Å². The maximum atomic E-state index is 11.2. The zero-order valence-corrected chi connectivity index (χ0v) is 12.8. The number of carboxylic acids is 1. The number of aromatic carboxylic acids is 1. The molecule has 1 aliphatic rings. The predicted molar refractivity (Wildman–Crippen MR) is 77.7 cm³/mol. The molecule has 0 aromatic heterocycles. The smallest absolute Gasteiger partial charge is 0.339 e. The van der Waals surface area contributed by atoms with Gasteiger partial charge < -0.3 is 9.84 Å². The summed E-state index contributed by atoms with van der Waals surface area (Å²) in [4.78, 5) is 11.2. The van der Waals surface area contributed by atoms with Crippen molar-refractivity contribution in [3.8, 4) is 5.75 Å². The van der Waals surface area contributed by atoms with Gasteiger partial charge in [-0.2, -0.15) is 0 Å². The number of halogens is 1. The molecule has 1 fully saturated rings. The van der Waals surface area contributed by atoms with Gasteiger partial charge in [-0.1, -0.05) is 19.9 Å². The lowest BCUT2D eigenvalue weighted by Crippen LogP contribution is -2.29. The first-order chi connectivity index (χ1) is 8.97. The van der Waals surface area contributed by atoms with E-state index in [4.69, 9.17) is 4.74 Å². The quantitative estimate of drug-likeness (QED) is 0.898. The summed E-state index contributed by atoms with van der Waals surface area (Å²) in [5.74, 6) is 0.767. The van der Waals surface area contributed by atoms with Gasteiger partial charge >= 0.3 is 5.97 Å². The third kappa shape index (κ3) is 3.50. The van der Waals surface area contributed by atoms with Crippen molar-refractivity contribution in [3.63, 3.8) is 0 Å². The molecule has 19 heavy (non-hydrogen) atoms. The number of carbonyl (C=O) groups is 1. The van der Waals surface area contributed by atoms with Gasteiger partial charge in [0.05, 0.1) is 10.6 Å². The molecular weight excluding hydrogens is 308 g/mol. The highest BCUT2D eigenvalue weighted by Crippen LogP contribution is 2.35. The monoisotopic (exact) mass is 326 g/mol. The Kier molecular flexibility index (Phi) is 4.50. The lowest BCUT2D eigenvalue weighted by Gasteiger charge is -2.32. The van der Waals surface area contributed by atoms with Gasteiger partial charge in [-0.25, -0.2) is 4.79 Å². The molecule has 1 saturated carbocycles.